The summed E-state index contributed by atoms with van der Waals surface area (Å²) in [5.74, 6) is -0.670. The first-order valence-corrected chi connectivity index (χ1v) is 9.56. The molecule has 7 heteroatoms. The first-order valence-electron chi connectivity index (χ1n) is 8.58. The summed E-state index contributed by atoms with van der Waals surface area (Å²) in [5.41, 5.74) is 3.09. The second-order valence-corrected chi connectivity index (χ2v) is 7.11. The zero-order valence-corrected chi connectivity index (χ0v) is 16.0. The summed E-state index contributed by atoms with van der Waals surface area (Å²) in [4.78, 5) is 25.0. The number of nitrogens with zero attached hydrogens (tertiary/aromatic N) is 1. The van der Waals surface area contributed by atoms with Crippen LogP contribution >= 0.6 is 11.8 Å². The van der Waals surface area contributed by atoms with Gasteiger partial charge in [0.25, 0.3) is 5.91 Å². The minimum absolute atomic E-state index is 0.0257. The molecule has 3 rings (SSSR count). The molecule has 142 valence electrons. The summed E-state index contributed by atoms with van der Waals surface area (Å²) in [6.07, 6.45) is 1.56. The second kappa shape index (κ2) is 9.11. The van der Waals surface area contributed by atoms with Gasteiger partial charge in [-0.05, 0) is 30.7 Å². The van der Waals surface area contributed by atoms with Crippen molar-refractivity contribution >= 4 is 40.3 Å². The molecule has 6 nitrogen and oxygen atoms in total. The van der Waals surface area contributed by atoms with Crippen LogP contribution in [0.4, 0.5) is 5.69 Å². The van der Waals surface area contributed by atoms with E-state index in [4.69, 9.17) is 14.4 Å². The molecule has 1 aromatic heterocycles. The lowest BCUT2D eigenvalue weighted by Crippen LogP contribution is -2.21. The number of hydrogen-bond donors (Lipinski definition) is 1. The number of aryl methyl sites for hydroxylation is 1. The van der Waals surface area contributed by atoms with Crippen LogP contribution in [-0.2, 0) is 20.7 Å². The van der Waals surface area contributed by atoms with Crippen LogP contribution in [0.3, 0.4) is 0 Å². The van der Waals surface area contributed by atoms with Crippen LogP contribution in [0.1, 0.15) is 11.1 Å². The Kier molecular flexibility index (Phi) is 6.35. The van der Waals surface area contributed by atoms with Gasteiger partial charge in [0.05, 0.1) is 30.2 Å². The summed E-state index contributed by atoms with van der Waals surface area (Å²) in [5, 5.41) is 12.3. The minimum atomic E-state index is -0.509. The number of benzene rings is 2. The number of nitrogens with one attached hydrogen (secondary N) is 1. The van der Waals surface area contributed by atoms with Crippen molar-refractivity contribution in [1.29, 1.82) is 5.26 Å². The zero-order valence-electron chi connectivity index (χ0n) is 15.2. The SMILES string of the molecule is Cc1ccc2c(CC(=O)OCC(=O)Nc3ccccc3SCC#N)coc2c1. The molecule has 0 aliphatic heterocycles. The topological polar surface area (TPSA) is 92.3 Å². The Bertz CT molecular complexity index is 1050. The van der Waals surface area contributed by atoms with Gasteiger partial charge in [0, 0.05) is 15.8 Å². The molecular formula is C21H18N2O4S. The summed E-state index contributed by atoms with van der Waals surface area (Å²) >= 11 is 1.32. The molecule has 1 N–H and O–H groups in total. The maximum absolute atomic E-state index is 12.1. The van der Waals surface area contributed by atoms with Gasteiger partial charge in [0.15, 0.2) is 6.61 Å². The molecular weight excluding hydrogens is 376 g/mol. The second-order valence-electron chi connectivity index (χ2n) is 6.09. The van der Waals surface area contributed by atoms with Crippen molar-refractivity contribution in [3.63, 3.8) is 0 Å². The highest BCUT2D eigenvalue weighted by Gasteiger charge is 2.14. The van der Waals surface area contributed by atoms with Crippen LogP contribution in [0.5, 0.6) is 0 Å². The predicted molar refractivity (Wildman–Crippen MR) is 107 cm³/mol. The molecule has 3 aromatic rings. The van der Waals surface area contributed by atoms with Crippen molar-refractivity contribution in [2.45, 2.75) is 18.2 Å². The van der Waals surface area contributed by atoms with E-state index in [2.05, 4.69) is 5.32 Å². The fourth-order valence-corrected chi connectivity index (χ4v) is 3.34. The predicted octanol–water partition coefficient (Wildman–Crippen LogP) is 4.08. The van der Waals surface area contributed by atoms with Gasteiger partial charge in [-0.15, -0.1) is 11.8 Å². The van der Waals surface area contributed by atoms with E-state index in [0.29, 0.717) is 11.3 Å². The van der Waals surface area contributed by atoms with E-state index in [0.717, 1.165) is 21.4 Å². The third kappa shape index (κ3) is 4.93. The molecule has 28 heavy (non-hydrogen) atoms. The molecule has 0 unspecified atom stereocenters. The molecule has 0 spiro atoms. The van der Waals surface area contributed by atoms with E-state index in [1.54, 1.807) is 12.1 Å². The van der Waals surface area contributed by atoms with Gasteiger partial charge in [-0.25, -0.2) is 0 Å². The van der Waals surface area contributed by atoms with Crippen molar-refractivity contribution in [3.8, 4) is 6.07 Å². The van der Waals surface area contributed by atoms with Crippen LogP contribution in [0, 0.1) is 18.3 Å². The van der Waals surface area contributed by atoms with Crippen molar-refractivity contribution in [3.05, 3.63) is 59.9 Å². The number of thioether (sulfide) groups is 1. The molecule has 1 heterocycles. The quantitative estimate of drug-likeness (QED) is 0.479. The maximum Gasteiger partial charge on any atom is 0.310 e. The molecule has 0 saturated heterocycles. The lowest BCUT2D eigenvalue weighted by atomic mass is 10.1. The summed E-state index contributed by atoms with van der Waals surface area (Å²) < 4.78 is 10.6. The lowest BCUT2D eigenvalue weighted by Gasteiger charge is -2.10. The summed E-state index contributed by atoms with van der Waals surface area (Å²) in [6.45, 7) is 1.58. The van der Waals surface area contributed by atoms with Gasteiger partial charge < -0.3 is 14.5 Å². The molecule has 2 aromatic carbocycles. The number of amides is 1. The van der Waals surface area contributed by atoms with E-state index in [-0.39, 0.29) is 18.8 Å². The Hall–Kier alpha value is -3.24. The first kappa shape index (κ1) is 19.5. The number of hydrogen-bond acceptors (Lipinski definition) is 6. The van der Waals surface area contributed by atoms with E-state index in [9.17, 15) is 9.59 Å². The third-order valence-corrected chi connectivity index (χ3v) is 4.90. The molecule has 0 atom stereocenters. The highest BCUT2D eigenvalue weighted by molar-refractivity contribution is 7.99. The Morgan fingerprint density at radius 1 is 1.25 bits per heavy atom. The number of carbonyl (C=O) groups is 2. The van der Waals surface area contributed by atoms with Gasteiger partial charge in [0.1, 0.15) is 5.58 Å². The fourth-order valence-electron chi connectivity index (χ4n) is 2.67. The molecule has 0 fully saturated rings. The minimum Gasteiger partial charge on any atom is -0.464 e. The van der Waals surface area contributed by atoms with Crippen molar-refractivity contribution < 1.29 is 18.7 Å². The number of esters is 1. The summed E-state index contributed by atoms with van der Waals surface area (Å²) in [6, 6.07) is 15.0. The number of anilines is 1. The average molecular weight is 394 g/mol. The smallest absolute Gasteiger partial charge is 0.310 e. The van der Waals surface area contributed by atoms with Crippen LogP contribution in [0.25, 0.3) is 11.0 Å². The number of furan rings is 1. The Morgan fingerprint density at radius 3 is 2.89 bits per heavy atom. The van der Waals surface area contributed by atoms with E-state index in [1.165, 1.54) is 18.0 Å². The Balaban J connectivity index is 1.54. The Labute approximate surface area is 166 Å². The van der Waals surface area contributed by atoms with Crippen molar-refractivity contribution in [1.82, 2.24) is 0 Å². The molecule has 1 amide bonds. The number of ether oxygens (including phenoxy) is 1. The van der Waals surface area contributed by atoms with Crippen LogP contribution in [0.15, 0.2) is 58.0 Å². The number of rotatable bonds is 7. The number of fused-ring (bicyclic) bond motifs is 1. The van der Waals surface area contributed by atoms with Gasteiger partial charge in [-0.2, -0.15) is 5.26 Å². The molecule has 0 bridgehead atoms. The Morgan fingerprint density at radius 2 is 2.07 bits per heavy atom. The van der Waals surface area contributed by atoms with Gasteiger partial charge in [0.2, 0.25) is 0 Å². The average Bonchev–Trinajstić information content (AvgIpc) is 3.07. The van der Waals surface area contributed by atoms with Crippen molar-refractivity contribution in [2.24, 2.45) is 0 Å². The molecule has 0 aliphatic carbocycles. The van der Waals surface area contributed by atoms with Crippen LogP contribution in [0.2, 0.25) is 0 Å². The standard InChI is InChI=1S/C21H18N2O4S/c1-14-6-7-16-15(12-26-18(16)10-14)11-21(25)27-13-20(24)23-17-4-2-3-5-19(17)28-9-8-22/h2-7,10,12H,9,11,13H2,1H3,(H,23,24). The van der Waals surface area contributed by atoms with Crippen molar-refractivity contribution in [2.75, 3.05) is 17.7 Å². The van der Waals surface area contributed by atoms with E-state index in [1.807, 2.05) is 43.3 Å². The number of nitriles is 1. The molecule has 0 saturated carbocycles. The fraction of sp³-hybridized carbons (Fsp3) is 0.190. The monoisotopic (exact) mass is 394 g/mol. The molecule has 0 aliphatic rings. The van der Waals surface area contributed by atoms with Gasteiger partial charge in [-0.1, -0.05) is 24.3 Å². The molecule has 0 radical (unpaired) electrons. The maximum atomic E-state index is 12.1. The zero-order chi connectivity index (χ0) is 19.9. The highest BCUT2D eigenvalue weighted by atomic mass is 32.2. The largest absolute Gasteiger partial charge is 0.464 e. The number of carbonyl (C=O) groups excluding carboxylic acids is 2. The lowest BCUT2D eigenvalue weighted by molar-refractivity contribution is -0.146. The highest BCUT2D eigenvalue weighted by Crippen LogP contribution is 2.26. The van der Waals surface area contributed by atoms with Gasteiger partial charge >= 0.3 is 5.97 Å². The normalized spacial score (nSPS) is 10.4. The van der Waals surface area contributed by atoms with E-state index < -0.39 is 11.9 Å². The number of para-hydroxylation sites is 1. The van der Waals surface area contributed by atoms with E-state index >= 15 is 0 Å². The van der Waals surface area contributed by atoms with Gasteiger partial charge in [-0.3, -0.25) is 9.59 Å². The van der Waals surface area contributed by atoms with Crippen LogP contribution in [-0.4, -0.2) is 24.2 Å². The van der Waals surface area contributed by atoms with Crippen LogP contribution < -0.4 is 5.32 Å². The summed E-state index contributed by atoms with van der Waals surface area (Å²) in [7, 11) is 0. The first-order chi connectivity index (χ1) is 13.6. The third-order valence-electron chi connectivity index (χ3n) is 3.96.